The maximum absolute atomic E-state index is 11.1. The van der Waals surface area contributed by atoms with Gasteiger partial charge in [-0.05, 0) is 12.5 Å². The minimum Gasteiger partial charge on any atom is -0.464 e. The molecule has 0 aliphatic carbocycles. The number of rotatable bonds is 3. The Morgan fingerprint density at radius 2 is 2.00 bits per heavy atom. The van der Waals surface area contributed by atoms with E-state index >= 15 is 0 Å². The largest absolute Gasteiger partial charge is 0.464 e. The minimum atomic E-state index is -1.17. The highest BCUT2D eigenvalue weighted by Gasteiger charge is 2.17. The van der Waals surface area contributed by atoms with Crippen LogP contribution < -0.4 is 0 Å². The van der Waals surface area contributed by atoms with Crippen molar-refractivity contribution in [1.82, 2.24) is 0 Å². The average molecular weight is 198 g/mol. The van der Waals surface area contributed by atoms with E-state index in [1.54, 1.807) is 31.2 Å². The van der Waals surface area contributed by atoms with Gasteiger partial charge in [0, 0.05) is 0 Å². The Morgan fingerprint density at radius 1 is 1.43 bits per heavy atom. The Balaban J connectivity index is 0.00000169. The molecule has 0 fully saturated rings. The quantitative estimate of drug-likeness (QED) is 0.716. The zero-order chi connectivity index (χ0) is 9.68. The third-order valence-electron chi connectivity index (χ3n) is 1.63. The maximum atomic E-state index is 11.1. The van der Waals surface area contributed by atoms with E-state index in [1.807, 2.05) is 6.07 Å². The molecule has 4 nitrogen and oxygen atoms in total. The molecule has 14 heavy (non-hydrogen) atoms. The lowest BCUT2D eigenvalue weighted by atomic mass is 10.1. The number of ether oxygens (including phenoxy) is 1. The van der Waals surface area contributed by atoms with Gasteiger partial charge in [-0.1, -0.05) is 30.3 Å². The van der Waals surface area contributed by atoms with Gasteiger partial charge in [-0.15, -0.1) is 0 Å². The molecule has 0 saturated carbocycles. The Hall–Kier alpha value is -1.39. The number of hydrogen-bond donors (Lipinski definition) is 1. The first-order chi connectivity index (χ1) is 6.25. The summed E-state index contributed by atoms with van der Waals surface area (Å²) in [5, 5.41) is 9.45. The van der Waals surface area contributed by atoms with E-state index in [0.29, 0.717) is 5.56 Å². The summed E-state index contributed by atoms with van der Waals surface area (Å²) in [6, 6.07) is 8.71. The summed E-state index contributed by atoms with van der Waals surface area (Å²) in [5.74, 6) is -0.603. The van der Waals surface area contributed by atoms with Crippen molar-refractivity contribution in [1.29, 1.82) is 0 Å². The zero-order valence-corrected chi connectivity index (χ0v) is 7.93. The molecule has 0 saturated heterocycles. The lowest BCUT2D eigenvalue weighted by molar-refractivity contribution is -0.153. The summed E-state index contributed by atoms with van der Waals surface area (Å²) >= 11 is 0. The highest BCUT2D eigenvalue weighted by molar-refractivity contribution is 5.76. The van der Waals surface area contributed by atoms with Gasteiger partial charge in [-0.3, -0.25) is 0 Å². The molecule has 0 aliphatic heterocycles. The fraction of sp³-hybridized carbons (Fsp3) is 0.300. The van der Waals surface area contributed by atoms with Crippen LogP contribution in [0.2, 0.25) is 0 Å². The number of hydrogen-bond acceptors (Lipinski definition) is 3. The van der Waals surface area contributed by atoms with Gasteiger partial charge in [0.15, 0.2) is 6.10 Å². The van der Waals surface area contributed by atoms with Gasteiger partial charge in [0.25, 0.3) is 0 Å². The first-order valence-corrected chi connectivity index (χ1v) is 4.15. The van der Waals surface area contributed by atoms with Crippen LogP contribution in [-0.2, 0) is 9.53 Å². The van der Waals surface area contributed by atoms with Crippen LogP contribution >= 0.6 is 0 Å². The molecule has 3 N–H and O–H groups in total. The van der Waals surface area contributed by atoms with Gasteiger partial charge in [0.05, 0.1) is 6.61 Å². The van der Waals surface area contributed by atoms with E-state index in [9.17, 15) is 9.90 Å². The van der Waals surface area contributed by atoms with Crippen molar-refractivity contribution >= 4 is 5.97 Å². The number of carbonyl (C=O) groups excluding carboxylic acids is 1. The van der Waals surface area contributed by atoms with E-state index in [2.05, 4.69) is 4.74 Å². The monoisotopic (exact) mass is 198 g/mol. The van der Waals surface area contributed by atoms with Crippen molar-refractivity contribution in [3.05, 3.63) is 35.9 Å². The Morgan fingerprint density at radius 3 is 2.50 bits per heavy atom. The van der Waals surface area contributed by atoms with Crippen LogP contribution in [0, 0.1) is 0 Å². The molecule has 1 aromatic rings. The molecule has 0 radical (unpaired) electrons. The standard InChI is InChI=1S/C10H12O3.H2O/c1-2-13-10(12)9(11)8-6-4-3-5-7-8;/h3-7,9,11H,2H2,1H3;1H2. The predicted molar refractivity (Wildman–Crippen MR) is 51.6 cm³/mol. The molecule has 1 atom stereocenters. The van der Waals surface area contributed by atoms with E-state index in [0.717, 1.165) is 0 Å². The number of esters is 1. The van der Waals surface area contributed by atoms with Gasteiger partial charge in [-0.25, -0.2) is 4.79 Å². The van der Waals surface area contributed by atoms with Crippen LogP contribution in [0.4, 0.5) is 0 Å². The van der Waals surface area contributed by atoms with Gasteiger partial charge >= 0.3 is 5.97 Å². The second kappa shape index (κ2) is 6.12. The van der Waals surface area contributed by atoms with Gasteiger partial charge in [0.1, 0.15) is 0 Å². The van der Waals surface area contributed by atoms with Gasteiger partial charge in [-0.2, -0.15) is 0 Å². The molecule has 1 aromatic carbocycles. The molecule has 0 aliphatic rings. The third kappa shape index (κ3) is 3.16. The van der Waals surface area contributed by atoms with Crippen molar-refractivity contribution < 1.29 is 20.1 Å². The van der Waals surface area contributed by atoms with Crippen LogP contribution in [0.1, 0.15) is 18.6 Å². The molecule has 0 aromatic heterocycles. The van der Waals surface area contributed by atoms with E-state index in [-0.39, 0.29) is 12.1 Å². The Bertz CT molecular complexity index is 271. The highest BCUT2D eigenvalue weighted by atomic mass is 16.5. The highest BCUT2D eigenvalue weighted by Crippen LogP contribution is 2.13. The molecule has 1 unspecified atom stereocenters. The summed E-state index contributed by atoms with van der Waals surface area (Å²) in [6.45, 7) is 1.98. The van der Waals surface area contributed by atoms with Gasteiger partial charge in [0.2, 0.25) is 0 Å². The van der Waals surface area contributed by atoms with Crippen molar-refractivity contribution in [3.63, 3.8) is 0 Å². The van der Waals surface area contributed by atoms with Crippen molar-refractivity contribution in [2.45, 2.75) is 13.0 Å². The molecule has 78 valence electrons. The van der Waals surface area contributed by atoms with E-state index in [1.165, 1.54) is 0 Å². The van der Waals surface area contributed by atoms with Crippen molar-refractivity contribution in [3.8, 4) is 0 Å². The minimum absolute atomic E-state index is 0. The third-order valence-corrected chi connectivity index (χ3v) is 1.63. The van der Waals surface area contributed by atoms with Gasteiger partial charge < -0.3 is 15.3 Å². The molecular weight excluding hydrogens is 184 g/mol. The number of carbonyl (C=O) groups is 1. The second-order valence-corrected chi connectivity index (χ2v) is 2.57. The number of aliphatic hydroxyl groups excluding tert-OH is 1. The number of benzene rings is 1. The lowest BCUT2D eigenvalue weighted by Crippen LogP contribution is -2.15. The SMILES string of the molecule is CCOC(=O)C(O)c1ccccc1.O. The van der Waals surface area contributed by atoms with E-state index < -0.39 is 12.1 Å². The van der Waals surface area contributed by atoms with Crippen LogP contribution in [0.5, 0.6) is 0 Å². The fourth-order valence-corrected chi connectivity index (χ4v) is 0.993. The van der Waals surface area contributed by atoms with E-state index in [4.69, 9.17) is 0 Å². The summed E-state index contributed by atoms with van der Waals surface area (Å²) in [7, 11) is 0. The summed E-state index contributed by atoms with van der Waals surface area (Å²) in [5.41, 5.74) is 0.556. The summed E-state index contributed by atoms with van der Waals surface area (Å²) in [4.78, 5) is 11.1. The Labute approximate surface area is 82.4 Å². The van der Waals surface area contributed by atoms with Crippen molar-refractivity contribution in [2.75, 3.05) is 6.61 Å². The maximum Gasteiger partial charge on any atom is 0.339 e. The second-order valence-electron chi connectivity index (χ2n) is 2.57. The molecule has 4 heteroatoms. The lowest BCUT2D eigenvalue weighted by Gasteiger charge is -2.08. The van der Waals surface area contributed by atoms with Crippen LogP contribution in [0.25, 0.3) is 0 Å². The van der Waals surface area contributed by atoms with Crippen molar-refractivity contribution in [2.24, 2.45) is 0 Å². The van der Waals surface area contributed by atoms with Crippen LogP contribution in [0.3, 0.4) is 0 Å². The molecule has 0 spiro atoms. The Kier molecular flexibility index (Phi) is 5.52. The fourth-order valence-electron chi connectivity index (χ4n) is 0.993. The molecule has 0 amide bonds. The molecule has 0 heterocycles. The van der Waals surface area contributed by atoms with Crippen LogP contribution in [0.15, 0.2) is 30.3 Å². The molecular formula is C10H14O4. The molecule has 0 bridgehead atoms. The first-order valence-electron chi connectivity index (χ1n) is 4.15. The van der Waals surface area contributed by atoms with Crippen LogP contribution in [-0.4, -0.2) is 23.2 Å². The number of aliphatic hydroxyl groups is 1. The normalized spacial score (nSPS) is 11.3. The summed E-state index contributed by atoms with van der Waals surface area (Å²) in [6.07, 6.45) is -1.17. The predicted octanol–water partition coefficient (Wildman–Crippen LogP) is 0.458. The first kappa shape index (κ1) is 12.6. The zero-order valence-electron chi connectivity index (χ0n) is 7.93. The summed E-state index contributed by atoms with van der Waals surface area (Å²) < 4.78 is 4.67. The topological polar surface area (TPSA) is 78.0 Å². The molecule has 1 rings (SSSR count). The smallest absolute Gasteiger partial charge is 0.339 e. The average Bonchev–Trinajstić information content (AvgIpc) is 2.18.